The van der Waals surface area contributed by atoms with E-state index in [2.05, 4.69) is 21.2 Å². The van der Waals surface area contributed by atoms with E-state index >= 15 is 0 Å². The van der Waals surface area contributed by atoms with Crippen LogP contribution in [0.25, 0.3) is 0 Å². The summed E-state index contributed by atoms with van der Waals surface area (Å²) in [6.07, 6.45) is 0.867. The highest BCUT2D eigenvalue weighted by atomic mass is 79.9. The number of halogens is 1. The lowest BCUT2D eigenvalue weighted by Crippen LogP contribution is -2.45. The fourth-order valence-electron chi connectivity index (χ4n) is 1.82. The molecule has 0 radical (unpaired) electrons. The second-order valence-electron chi connectivity index (χ2n) is 4.23. The number of anilines is 1. The first-order valence-electron chi connectivity index (χ1n) is 6.11. The smallest absolute Gasteiger partial charge is 0.265 e. The van der Waals surface area contributed by atoms with Gasteiger partial charge in [-0.25, -0.2) is 0 Å². The van der Waals surface area contributed by atoms with Crippen molar-refractivity contribution in [1.29, 1.82) is 0 Å². The van der Waals surface area contributed by atoms with E-state index in [4.69, 9.17) is 4.74 Å². The normalized spacial score (nSPS) is 13.8. The molecule has 5 nitrogen and oxygen atoms in total. The number of ether oxygens (including phenoxy) is 1. The molecule has 6 heteroatoms. The number of hydrogen-bond acceptors (Lipinski definition) is 3. The highest BCUT2D eigenvalue weighted by Gasteiger charge is 2.27. The Morgan fingerprint density at radius 3 is 3.05 bits per heavy atom. The van der Waals surface area contributed by atoms with Gasteiger partial charge in [0.25, 0.3) is 5.91 Å². The van der Waals surface area contributed by atoms with Gasteiger partial charge < -0.3 is 10.1 Å². The molecule has 1 aliphatic heterocycles. The van der Waals surface area contributed by atoms with Crippen molar-refractivity contribution in [3.05, 3.63) is 22.7 Å². The fourth-order valence-corrected chi connectivity index (χ4v) is 2.16. The predicted octanol–water partition coefficient (Wildman–Crippen LogP) is 1.70. The van der Waals surface area contributed by atoms with Gasteiger partial charge in [-0.05, 0) is 24.6 Å². The van der Waals surface area contributed by atoms with Crippen molar-refractivity contribution in [2.75, 3.05) is 24.6 Å². The topological polar surface area (TPSA) is 58.6 Å². The Morgan fingerprint density at radius 2 is 2.32 bits per heavy atom. The Bertz CT molecular complexity index is 505. The molecular weight excluding hydrogens is 312 g/mol. The first kappa shape index (κ1) is 13.9. The van der Waals surface area contributed by atoms with Crippen LogP contribution >= 0.6 is 15.9 Å². The Labute approximate surface area is 120 Å². The van der Waals surface area contributed by atoms with Crippen LogP contribution in [0.4, 0.5) is 5.69 Å². The van der Waals surface area contributed by atoms with Gasteiger partial charge in [-0.15, -0.1) is 0 Å². The average Bonchev–Trinajstić information content (AvgIpc) is 2.39. The standard InChI is InChI=1S/C13H15BrN2O3/c1-2-5-15-12(17)7-16-10-4-3-9(14)6-11(10)19-8-13(16)18/h3-4,6H,2,5,7-8H2,1H3,(H,15,17). The summed E-state index contributed by atoms with van der Waals surface area (Å²) >= 11 is 3.35. The van der Waals surface area contributed by atoms with Crippen LogP contribution in [0.1, 0.15) is 13.3 Å². The van der Waals surface area contributed by atoms with Crippen molar-refractivity contribution in [3.8, 4) is 5.75 Å². The zero-order chi connectivity index (χ0) is 13.8. The Kier molecular flexibility index (Phi) is 4.42. The predicted molar refractivity (Wildman–Crippen MR) is 75.3 cm³/mol. The number of hydrogen-bond donors (Lipinski definition) is 1. The number of carbonyl (C=O) groups excluding carboxylic acids is 2. The van der Waals surface area contributed by atoms with E-state index in [0.29, 0.717) is 18.0 Å². The second-order valence-corrected chi connectivity index (χ2v) is 5.15. The summed E-state index contributed by atoms with van der Waals surface area (Å²) in [7, 11) is 0. The van der Waals surface area contributed by atoms with Crippen LogP contribution in [0.5, 0.6) is 5.75 Å². The maximum atomic E-state index is 11.9. The van der Waals surface area contributed by atoms with Crippen molar-refractivity contribution in [1.82, 2.24) is 5.32 Å². The largest absolute Gasteiger partial charge is 0.482 e. The van der Waals surface area contributed by atoms with Crippen molar-refractivity contribution in [2.24, 2.45) is 0 Å². The van der Waals surface area contributed by atoms with Gasteiger partial charge in [0.15, 0.2) is 6.61 Å². The van der Waals surface area contributed by atoms with Crippen LogP contribution < -0.4 is 15.0 Å². The monoisotopic (exact) mass is 326 g/mol. The number of carbonyl (C=O) groups is 2. The van der Waals surface area contributed by atoms with Gasteiger partial charge >= 0.3 is 0 Å². The number of nitrogens with one attached hydrogen (secondary N) is 1. The number of fused-ring (bicyclic) bond motifs is 1. The summed E-state index contributed by atoms with van der Waals surface area (Å²) in [5, 5.41) is 2.76. The number of benzene rings is 1. The molecule has 0 aromatic heterocycles. The van der Waals surface area contributed by atoms with Crippen LogP contribution in [-0.4, -0.2) is 31.5 Å². The maximum absolute atomic E-state index is 11.9. The van der Waals surface area contributed by atoms with E-state index in [-0.39, 0.29) is 25.0 Å². The molecule has 0 fully saturated rings. The van der Waals surface area contributed by atoms with Gasteiger partial charge in [0.05, 0.1) is 5.69 Å². The van der Waals surface area contributed by atoms with E-state index in [9.17, 15) is 9.59 Å². The van der Waals surface area contributed by atoms with Crippen LogP contribution in [0.15, 0.2) is 22.7 Å². The first-order chi connectivity index (χ1) is 9.11. The summed E-state index contributed by atoms with van der Waals surface area (Å²) in [6, 6.07) is 5.38. The summed E-state index contributed by atoms with van der Waals surface area (Å²) in [5.74, 6) is 0.240. The molecule has 0 spiro atoms. The Balaban J connectivity index is 2.16. The highest BCUT2D eigenvalue weighted by molar-refractivity contribution is 9.10. The molecule has 1 aromatic carbocycles. The Hall–Kier alpha value is -1.56. The molecule has 2 amide bonds. The highest BCUT2D eigenvalue weighted by Crippen LogP contribution is 2.34. The summed E-state index contributed by atoms with van der Waals surface area (Å²) in [6.45, 7) is 2.58. The van der Waals surface area contributed by atoms with Crippen molar-refractivity contribution in [3.63, 3.8) is 0 Å². The lowest BCUT2D eigenvalue weighted by atomic mass is 10.2. The average molecular weight is 327 g/mol. The molecule has 0 unspecified atom stereocenters. The second kappa shape index (κ2) is 6.06. The molecule has 19 heavy (non-hydrogen) atoms. The molecule has 1 aromatic rings. The van der Waals surface area contributed by atoms with Gasteiger partial charge in [0.1, 0.15) is 12.3 Å². The number of nitrogens with zero attached hydrogens (tertiary/aromatic N) is 1. The summed E-state index contributed by atoms with van der Waals surface area (Å²) < 4.78 is 6.23. The summed E-state index contributed by atoms with van der Waals surface area (Å²) in [4.78, 5) is 25.1. The number of rotatable bonds is 4. The van der Waals surface area contributed by atoms with Gasteiger partial charge in [0.2, 0.25) is 5.91 Å². The maximum Gasteiger partial charge on any atom is 0.265 e. The third-order valence-corrected chi connectivity index (χ3v) is 3.23. The lowest BCUT2D eigenvalue weighted by molar-refractivity contribution is -0.125. The third-order valence-electron chi connectivity index (χ3n) is 2.74. The van der Waals surface area contributed by atoms with Crippen LogP contribution in [0.3, 0.4) is 0 Å². The van der Waals surface area contributed by atoms with Crippen LogP contribution in [0.2, 0.25) is 0 Å². The van der Waals surface area contributed by atoms with Crippen molar-refractivity contribution < 1.29 is 14.3 Å². The van der Waals surface area contributed by atoms with E-state index < -0.39 is 0 Å². The number of amides is 2. The molecule has 102 valence electrons. The molecule has 2 rings (SSSR count). The van der Waals surface area contributed by atoms with Gasteiger partial charge in [-0.1, -0.05) is 22.9 Å². The van der Waals surface area contributed by atoms with E-state index in [1.807, 2.05) is 13.0 Å². The van der Waals surface area contributed by atoms with Gasteiger partial charge in [-0.2, -0.15) is 0 Å². The fraction of sp³-hybridized carbons (Fsp3) is 0.385. The Morgan fingerprint density at radius 1 is 1.53 bits per heavy atom. The first-order valence-corrected chi connectivity index (χ1v) is 6.90. The molecule has 1 N–H and O–H groups in total. The molecule has 0 aliphatic carbocycles. The molecular formula is C13H15BrN2O3. The third kappa shape index (κ3) is 3.26. The molecule has 0 saturated heterocycles. The zero-order valence-electron chi connectivity index (χ0n) is 10.6. The molecule has 0 atom stereocenters. The van der Waals surface area contributed by atoms with Crippen LogP contribution in [-0.2, 0) is 9.59 Å². The minimum absolute atomic E-state index is 0.0246. The van der Waals surface area contributed by atoms with E-state index in [0.717, 1.165) is 10.9 Å². The summed E-state index contributed by atoms with van der Waals surface area (Å²) in [5.41, 5.74) is 0.631. The van der Waals surface area contributed by atoms with Gasteiger partial charge in [0, 0.05) is 11.0 Å². The molecule has 0 saturated carbocycles. The minimum atomic E-state index is -0.207. The van der Waals surface area contributed by atoms with E-state index in [1.54, 1.807) is 12.1 Å². The van der Waals surface area contributed by atoms with Crippen molar-refractivity contribution in [2.45, 2.75) is 13.3 Å². The van der Waals surface area contributed by atoms with Crippen LogP contribution in [0, 0.1) is 0 Å². The molecule has 1 aliphatic rings. The minimum Gasteiger partial charge on any atom is -0.482 e. The molecule has 1 heterocycles. The zero-order valence-corrected chi connectivity index (χ0v) is 12.2. The SMILES string of the molecule is CCCNC(=O)CN1C(=O)COc2cc(Br)ccc21. The molecule has 0 bridgehead atoms. The quantitative estimate of drug-likeness (QED) is 0.916. The van der Waals surface area contributed by atoms with Gasteiger partial charge in [-0.3, -0.25) is 14.5 Å². The lowest BCUT2D eigenvalue weighted by Gasteiger charge is -2.28. The van der Waals surface area contributed by atoms with Crippen molar-refractivity contribution >= 4 is 33.4 Å². The van der Waals surface area contributed by atoms with E-state index in [1.165, 1.54) is 4.90 Å².